The average molecular weight is 339 g/mol. The van der Waals surface area contributed by atoms with Crippen molar-refractivity contribution in [1.82, 2.24) is 0 Å². The SMILES string of the molecule is COC(=O)c1c(C)oc(C)c1S(=O)(=O)Nc1cccc(OC)c1. The molecule has 0 unspecified atom stereocenters. The maximum atomic E-state index is 12.7. The fourth-order valence-corrected chi connectivity index (χ4v) is 3.67. The van der Waals surface area contributed by atoms with Crippen molar-refractivity contribution < 1.29 is 27.1 Å². The third kappa shape index (κ3) is 3.31. The van der Waals surface area contributed by atoms with Crippen LogP contribution < -0.4 is 9.46 Å². The van der Waals surface area contributed by atoms with Crippen LogP contribution in [0, 0.1) is 13.8 Å². The van der Waals surface area contributed by atoms with E-state index in [1.165, 1.54) is 34.1 Å². The monoisotopic (exact) mass is 339 g/mol. The normalized spacial score (nSPS) is 11.1. The molecule has 7 nitrogen and oxygen atoms in total. The lowest BCUT2D eigenvalue weighted by molar-refractivity contribution is 0.0595. The predicted octanol–water partition coefficient (Wildman–Crippen LogP) is 2.49. The molecule has 8 heteroatoms. The second kappa shape index (κ2) is 6.33. The predicted molar refractivity (Wildman–Crippen MR) is 83.3 cm³/mol. The van der Waals surface area contributed by atoms with Gasteiger partial charge >= 0.3 is 5.97 Å². The van der Waals surface area contributed by atoms with E-state index in [2.05, 4.69) is 9.46 Å². The van der Waals surface area contributed by atoms with Gasteiger partial charge in [-0.25, -0.2) is 13.2 Å². The number of aryl methyl sites for hydroxylation is 2. The molecule has 0 aliphatic rings. The zero-order valence-electron chi connectivity index (χ0n) is 13.2. The molecule has 0 amide bonds. The number of rotatable bonds is 5. The molecule has 0 atom stereocenters. The standard InChI is InChI=1S/C15H17NO6S/c1-9-13(15(17)21-4)14(10(2)22-9)23(18,19)16-11-6-5-7-12(8-11)20-3/h5-8,16H,1-4H3. The maximum absolute atomic E-state index is 12.7. The van der Waals surface area contributed by atoms with Crippen molar-refractivity contribution >= 4 is 21.7 Å². The first kappa shape index (κ1) is 16.9. The van der Waals surface area contributed by atoms with Gasteiger partial charge in [0.15, 0.2) is 0 Å². The van der Waals surface area contributed by atoms with Crippen LogP contribution in [0.15, 0.2) is 33.6 Å². The van der Waals surface area contributed by atoms with Crippen LogP contribution in [0.3, 0.4) is 0 Å². The van der Waals surface area contributed by atoms with E-state index >= 15 is 0 Å². The highest BCUT2D eigenvalue weighted by molar-refractivity contribution is 7.92. The quantitative estimate of drug-likeness (QED) is 0.841. The number of carbonyl (C=O) groups is 1. The smallest absolute Gasteiger partial charge is 0.342 e. The van der Waals surface area contributed by atoms with Gasteiger partial charge in [0.1, 0.15) is 27.7 Å². The fraction of sp³-hybridized carbons (Fsp3) is 0.267. The largest absolute Gasteiger partial charge is 0.497 e. The van der Waals surface area contributed by atoms with Crippen molar-refractivity contribution in [3.8, 4) is 5.75 Å². The number of hydrogen-bond acceptors (Lipinski definition) is 6. The lowest BCUT2D eigenvalue weighted by atomic mass is 10.2. The lowest BCUT2D eigenvalue weighted by Crippen LogP contribution is -2.17. The topological polar surface area (TPSA) is 94.8 Å². The van der Waals surface area contributed by atoms with Gasteiger partial charge in [0.2, 0.25) is 0 Å². The van der Waals surface area contributed by atoms with E-state index in [0.717, 1.165) is 0 Å². The Bertz CT molecular complexity index is 838. The van der Waals surface area contributed by atoms with E-state index in [9.17, 15) is 13.2 Å². The van der Waals surface area contributed by atoms with Crippen molar-refractivity contribution in [2.45, 2.75) is 18.7 Å². The summed E-state index contributed by atoms with van der Waals surface area (Å²) in [5.41, 5.74) is 0.193. The Morgan fingerprint density at radius 1 is 1.17 bits per heavy atom. The van der Waals surface area contributed by atoms with Crippen molar-refractivity contribution in [3.05, 3.63) is 41.3 Å². The van der Waals surface area contributed by atoms with E-state index in [1.54, 1.807) is 18.2 Å². The molecule has 0 fully saturated rings. The molecule has 0 saturated heterocycles. The Morgan fingerprint density at radius 3 is 2.48 bits per heavy atom. The molecule has 0 bridgehead atoms. The van der Waals surface area contributed by atoms with Crippen LogP contribution in [0.1, 0.15) is 21.9 Å². The molecule has 0 aliphatic heterocycles. The number of methoxy groups -OCH3 is 2. The van der Waals surface area contributed by atoms with E-state index in [-0.39, 0.29) is 22.0 Å². The average Bonchev–Trinajstić information content (AvgIpc) is 2.81. The fourth-order valence-electron chi connectivity index (χ4n) is 2.22. The van der Waals surface area contributed by atoms with Crippen molar-refractivity contribution in [2.75, 3.05) is 18.9 Å². The zero-order valence-corrected chi connectivity index (χ0v) is 14.0. The summed E-state index contributed by atoms with van der Waals surface area (Å²) in [7, 11) is -1.38. The van der Waals surface area contributed by atoms with Gasteiger partial charge in [0, 0.05) is 6.07 Å². The summed E-state index contributed by atoms with van der Waals surface area (Å²) in [6.07, 6.45) is 0. The van der Waals surface area contributed by atoms with Crippen molar-refractivity contribution in [2.24, 2.45) is 0 Å². The van der Waals surface area contributed by atoms with Crippen molar-refractivity contribution in [3.63, 3.8) is 0 Å². The minimum Gasteiger partial charge on any atom is -0.497 e. The van der Waals surface area contributed by atoms with Crippen LogP contribution in [0.25, 0.3) is 0 Å². The number of nitrogens with one attached hydrogen (secondary N) is 1. The molecule has 1 aromatic heterocycles. The molecule has 1 N–H and O–H groups in total. The highest BCUT2D eigenvalue weighted by Gasteiger charge is 2.31. The van der Waals surface area contributed by atoms with Crippen molar-refractivity contribution in [1.29, 1.82) is 0 Å². The molecular weight excluding hydrogens is 322 g/mol. The number of ether oxygens (including phenoxy) is 2. The molecule has 0 spiro atoms. The molecule has 0 aliphatic carbocycles. The van der Waals surface area contributed by atoms with Crippen LogP contribution in [0.4, 0.5) is 5.69 Å². The minimum absolute atomic E-state index is 0.110. The first-order chi connectivity index (χ1) is 10.8. The van der Waals surface area contributed by atoms with Gasteiger partial charge < -0.3 is 13.9 Å². The Morgan fingerprint density at radius 2 is 1.87 bits per heavy atom. The third-order valence-corrected chi connectivity index (χ3v) is 4.72. The second-order valence-electron chi connectivity index (χ2n) is 4.75. The number of esters is 1. The Hall–Kier alpha value is -2.48. The highest BCUT2D eigenvalue weighted by atomic mass is 32.2. The van der Waals surface area contributed by atoms with Crippen LogP contribution in [-0.2, 0) is 14.8 Å². The summed E-state index contributed by atoms with van der Waals surface area (Å²) >= 11 is 0. The molecule has 0 saturated carbocycles. The van der Waals surface area contributed by atoms with Gasteiger partial charge in [0.05, 0.1) is 19.9 Å². The number of hydrogen-bond donors (Lipinski definition) is 1. The van der Waals surface area contributed by atoms with Gasteiger partial charge in [0.25, 0.3) is 10.0 Å². The lowest BCUT2D eigenvalue weighted by Gasteiger charge is -2.10. The maximum Gasteiger partial charge on any atom is 0.342 e. The van der Waals surface area contributed by atoms with Crippen LogP contribution in [0.2, 0.25) is 0 Å². The molecule has 2 rings (SSSR count). The Labute approximate surface area is 134 Å². The number of benzene rings is 1. The van der Waals surface area contributed by atoms with Gasteiger partial charge in [-0.15, -0.1) is 0 Å². The zero-order chi connectivity index (χ0) is 17.2. The van der Waals surface area contributed by atoms with Gasteiger partial charge in [-0.3, -0.25) is 4.72 Å². The molecular formula is C15H17NO6S. The highest BCUT2D eigenvalue weighted by Crippen LogP contribution is 2.29. The van der Waals surface area contributed by atoms with Crippen LogP contribution in [-0.4, -0.2) is 28.6 Å². The summed E-state index contributed by atoms with van der Waals surface area (Å²) in [6, 6.07) is 6.42. The number of sulfonamides is 1. The summed E-state index contributed by atoms with van der Waals surface area (Å²) in [5.74, 6) is 0.0162. The van der Waals surface area contributed by atoms with Gasteiger partial charge in [-0.05, 0) is 26.0 Å². The first-order valence-electron chi connectivity index (χ1n) is 6.65. The van der Waals surface area contributed by atoms with E-state index in [4.69, 9.17) is 9.15 Å². The second-order valence-corrected chi connectivity index (χ2v) is 6.37. The van der Waals surface area contributed by atoms with Crippen LogP contribution in [0.5, 0.6) is 5.75 Å². The third-order valence-electron chi connectivity index (χ3n) is 3.19. The van der Waals surface area contributed by atoms with Gasteiger partial charge in [-0.1, -0.05) is 6.07 Å². The Kier molecular flexibility index (Phi) is 4.65. The van der Waals surface area contributed by atoms with E-state index in [1.807, 2.05) is 0 Å². The number of carbonyl (C=O) groups excluding carboxylic acids is 1. The molecule has 2 aromatic rings. The number of furan rings is 1. The summed E-state index contributed by atoms with van der Waals surface area (Å²) in [4.78, 5) is 11.6. The first-order valence-corrected chi connectivity index (χ1v) is 8.13. The Balaban J connectivity index is 2.50. The molecule has 1 heterocycles. The number of anilines is 1. The minimum atomic E-state index is -4.03. The van der Waals surface area contributed by atoms with Gasteiger partial charge in [-0.2, -0.15) is 0 Å². The summed E-state index contributed by atoms with van der Waals surface area (Å²) in [5, 5.41) is 0. The van der Waals surface area contributed by atoms with E-state index < -0.39 is 16.0 Å². The molecule has 1 aromatic carbocycles. The summed E-state index contributed by atoms with van der Waals surface area (Å²) < 4.78 is 42.7. The van der Waals surface area contributed by atoms with E-state index in [0.29, 0.717) is 11.4 Å². The molecule has 23 heavy (non-hydrogen) atoms. The molecule has 124 valence electrons. The summed E-state index contributed by atoms with van der Waals surface area (Å²) in [6.45, 7) is 2.98. The molecule has 0 radical (unpaired) electrons. The van der Waals surface area contributed by atoms with Crippen LogP contribution >= 0.6 is 0 Å².